The molecule has 1 aromatic heterocycles. The van der Waals surface area contributed by atoms with Gasteiger partial charge in [-0.15, -0.1) is 0 Å². The monoisotopic (exact) mass is 415 g/mol. The van der Waals surface area contributed by atoms with Gasteiger partial charge < -0.3 is 20.1 Å². The van der Waals surface area contributed by atoms with Crippen LogP contribution in [0, 0.1) is 5.92 Å². The Morgan fingerprint density at radius 2 is 1.86 bits per heavy atom. The number of thiophene rings is 1. The Labute approximate surface area is 174 Å². The highest BCUT2D eigenvalue weighted by Crippen LogP contribution is 2.32. The lowest BCUT2D eigenvalue weighted by atomic mass is 9.96. The van der Waals surface area contributed by atoms with Crippen molar-refractivity contribution in [1.29, 1.82) is 0 Å². The second-order valence-electron chi connectivity index (χ2n) is 7.37. The predicted molar refractivity (Wildman–Crippen MR) is 111 cm³/mol. The molecule has 0 aliphatic carbocycles. The van der Waals surface area contributed by atoms with E-state index in [-0.39, 0.29) is 0 Å². The van der Waals surface area contributed by atoms with Gasteiger partial charge in [0, 0.05) is 24.8 Å². The van der Waals surface area contributed by atoms with Crippen molar-refractivity contribution in [1.82, 2.24) is 10.2 Å². The van der Waals surface area contributed by atoms with Crippen LogP contribution in [0.3, 0.4) is 0 Å². The van der Waals surface area contributed by atoms with Crippen LogP contribution in [0.5, 0.6) is 11.5 Å². The molecule has 2 aromatic rings. The number of nitrogens with one attached hydrogen (secondary N) is 2. The first-order chi connectivity index (χ1) is 14.2. The Morgan fingerprint density at radius 3 is 2.62 bits per heavy atom. The number of likely N-dealkylation sites (tertiary alicyclic amines) is 1. The fourth-order valence-electron chi connectivity index (χ4n) is 3.62. The Balaban J connectivity index is 1.19. The van der Waals surface area contributed by atoms with Crippen LogP contribution in [0.15, 0.2) is 35.0 Å². The first-order valence-corrected chi connectivity index (χ1v) is 10.8. The molecule has 4 rings (SSSR count). The summed E-state index contributed by atoms with van der Waals surface area (Å²) in [5, 5.41) is 9.68. The second-order valence-corrected chi connectivity index (χ2v) is 8.15. The molecule has 0 unspecified atom stereocenters. The van der Waals surface area contributed by atoms with Crippen LogP contribution in [0.4, 0.5) is 5.69 Å². The number of nitrogens with zero attached hydrogens (tertiary/aromatic N) is 1. The standard InChI is InChI=1S/C21H25N3O4S/c25-20(21(26)23-17-1-2-18-19(11-17)28-9-8-27-18)22-12-15-3-6-24(7-4-15)13-16-5-10-29-14-16/h1-2,5,10-11,14-15H,3-4,6-9,12-13H2,(H,22,25)(H,23,26). The van der Waals surface area contributed by atoms with E-state index in [1.165, 1.54) is 5.56 Å². The van der Waals surface area contributed by atoms with Crippen molar-refractivity contribution in [2.24, 2.45) is 5.92 Å². The van der Waals surface area contributed by atoms with E-state index in [0.717, 1.165) is 32.5 Å². The summed E-state index contributed by atoms with van der Waals surface area (Å²) in [6.45, 7) is 4.52. The minimum Gasteiger partial charge on any atom is -0.486 e. The lowest BCUT2D eigenvalue weighted by Gasteiger charge is -2.31. The average Bonchev–Trinajstić information content (AvgIpc) is 3.26. The van der Waals surface area contributed by atoms with Crippen LogP contribution in [0.1, 0.15) is 18.4 Å². The lowest BCUT2D eigenvalue weighted by molar-refractivity contribution is -0.136. The Kier molecular flexibility index (Phi) is 6.31. The number of ether oxygens (including phenoxy) is 2. The van der Waals surface area contributed by atoms with Gasteiger partial charge in [0.05, 0.1) is 0 Å². The molecule has 7 nitrogen and oxygen atoms in total. The molecule has 2 amide bonds. The third-order valence-corrected chi connectivity index (χ3v) is 5.98. The van der Waals surface area contributed by atoms with Crippen LogP contribution in [0.2, 0.25) is 0 Å². The molecule has 0 atom stereocenters. The summed E-state index contributed by atoms with van der Waals surface area (Å²) in [5.74, 6) is 0.338. The highest BCUT2D eigenvalue weighted by atomic mass is 32.1. The summed E-state index contributed by atoms with van der Waals surface area (Å²) < 4.78 is 10.9. The number of fused-ring (bicyclic) bond motifs is 1. The quantitative estimate of drug-likeness (QED) is 0.734. The molecule has 0 saturated carbocycles. The number of piperidine rings is 1. The van der Waals surface area contributed by atoms with Crippen molar-refractivity contribution in [3.63, 3.8) is 0 Å². The zero-order valence-corrected chi connectivity index (χ0v) is 17.0. The average molecular weight is 416 g/mol. The van der Waals surface area contributed by atoms with Gasteiger partial charge in [-0.2, -0.15) is 11.3 Å². The van der Waals surface area contributed by atoms with Gasteiger partial charge in [-0.3, -0.25) is 14.5 Å². The van der Waals surface area contributed by atoms with Gasteiger partial charge in [0.2, 0.25) is 0 Å². The fraction of sp³-hybridized carbons (Fsp3) is 0.429. The van der Waals surface area contributed by atoms with Crippen molar-refractivity contribution >= 4 is 28.8 Å². The molecular formula is C21H25N3O4S. The minimum atomic E-state index is -0.670. The lowest BCUT2D eigenvalue weighted by Crippen LogP contribution is -2.41. The zero-order chi connectivity index (χ0) is 20.1. The van der Waals surface area contributed by atoms with E-state index in [1.807, 2.05) is 0 Å². The highest BCUT2D eigenvalue weighted by molar-refractivity contribution is 7.07. The third kappa shape index (κ3) is 5.27. The summed E-state index contributed by atoms with van der Waals surface area (Å²) in [4.78, 5) is 26.8. The number of anilines is 1. The number of hydrogen-bond acceptors (Lipinski definition) is 6. The van der Waals surface area contributed by atoms with Gasteiger partial charge in [-0.25, -0.2) is 0 Å². The number of carbonyl (C=O) groups excluding carboxylic acids is 2. The van der Waals surface area contributed by atoms with Gasteiger partial charge in [0.1, 0.15) is 13.2 Å². The van der Waals surface area contributed by atoms with E-state index in [2.05, 4.69) is 32.4 Å². The van der Waals surface area contributed by atoms with Crippen molar-refractivity contribution in [3.05, 3.63) is 40.6 Å². The van der Waals surface area contributed by atoms with E-state index in [9.17, 15) is 9.59 Å². The van der Waals surface area contributed by atoms with E-state index < -0.39 is 11.8 Å². The molecule has 2 N–H and O–H groups in total. The van der Waals surface area contributed by atoms with Gasteiger partial charge >= 0.3 is 11.8 Å². The fourth-order valence-corrected chi connectivity index (χ4v) is 4.28. The summed E-state index contributed by atoms with van der Waals surface area (Å²) in [7, 11) is 0. The number of amides is 2. The molecule has 8 heteroatoms. The molecule has 0 radical (unpaired) electrons. The summed E-state index contributed by atoms with van der Waals surface area (Å²) >= 11 is 1.72. The summed E-state index contributed by atoms with van der Waals surface area (Å²) in [6.07, 6.45) is 2.04. The highest BCUT2D eigenvalue weighted by Gasteiger charge is 2.22. The predicted octanol–water partition coefficient (Wildman–Crippen LogP) is 2.49. The normalized spacial score (nSPS) is 17.0. The Morgan fingerprint density at radius 1 is 1.07 bits per heavy atom. The van der Waals surface area contributed by atoms with Crippen LogP contribution in [-0.4, -0.2) is 49.6 Å². The SMILES string of the molecule is O=C(NCC1CCN(Cc2ccsc2)CC1)C(=O)Nc1ccc2c(c1)OCCO2. The molecule has 1 saturated heterocycles. The third-order valence-electron chi connectivity index (χ3n) is 5.25. The van der Waals surface area contributed by atoms with Crippen LogP contribution in [0.25, 0.3) is 0 Å². The molecule has 1 fully saturated rings. The summed E-state index contributed by atoms with van der Waals surface area (Å²) in [6, 6.07) is 7.26. The van der Waals surface area contributed by atoms with Gasteiger partial charge in [-0.05, 0) is 66.4 Å². The molecule has 154 valence electrons. The Hall–Kier alpha value is -2.58. The van der Waals surface area contributed by atoms with Crippen molar-refractivity contribution in [2.75, 3.05) is 38.2 Å². The van der Waals surface area contributed by atoms with Gasteiger partial charge in [-0.1, -0.05) is 0 Å². The van der Waals surface area contributed by atoms with E-state index in [4.69, 9.17) is 9.47 Å². The van der Waals surface area contributed by atoms with Gasteiger partial charge in [0.25, 0.3) is 0 Å². The molecule has 29 heavy (non-hydrogen) atoms. The first kappa shape index (κ1) is 19.7. The molecular weight excluding hydrogens is 390 g/mol. The molecule has 2 aliphatic heterocycles. The van der Waals surface area contributed by atoms with Crippen molar-refractivity contribution in [2.45, 2.75) is 19.4 Å². The smallest absolute Gasteiger partial charge is 0.313 e. The number of benzene rings is 1. The van der Waals surface area contributed by atoms with E-state index in [0.29, 0.717) is 42.9 Å². The topological polar surface area (TPSA) is 79.9 Å². The zero-order valence-electron chi connectivity index (χ0n) is 16.2. The molecule has 0 spiro atoms. The molecule has 0 bridgehead atoms. The van der Waals surface area contributed by atoms with Crippen molar-refractivity contribution in [3.8, 4) is 11.5 Å². The van der Waals surface area contributed by atoms with Crippen LogP contribution < -0.4 is 20.1 Å². The second kappa shape index (κ2) is 9.28. The minimum absolute atomic E-state index is 0.403. The number of hydrogen-bond donors (Lipinski definition) is 2. The van der Waals surface area contributed by atoms with Crippen LogP contribution in [-0.2, 0) is 16.1 Å². The summed E-state index contributed by atoms with van der Waals surface area (Å²) in [5.41, 5.74) is 1.87. The maximum absolute atomic E-state index is 12.2. The largest absolute Gasteiger partial charge is 0.486 e. The van der Waals surface area contributed by atoms with Crippen LogP contribution >= 0.6 is 11.3 Å². The molecule has 1 aromatic carbocycles. The Bertz CT molecular complexity index is 848. The number of rotatable bonds is 5. The molecule has 2 aliphatic rings. The number of carbonyl (C=O) groups is 2. The van der Waals surface area contributed by atoms with E-state index in [1.54, 1.807) is 29.5 Å². The van der Waals surface area contributed by atoms with Crippen molar-refractivity contribution < 1.29 is 19.1 Å². The maximum Gasteiger partial charge on any atom is 0.313 e. The van der Waals surface area contributed by atoms with Gasteiger partial charge in [0.15, 0.2) is 11.5 Å². The first-order valence-electron chi connectivity index (χ1n) is 9.89. The van der Waals surface area contributed by atoms with E-state index >= 15 is 0 Å². The maximum atomic E-state index is 12.2. The molecule has 3 heterocycles.